The summed E-state index contributed by atoms with van der Waals surface area (Å²) in [5, 5.41) is 24.6. The Kier molecular flexibility index (Phi) is 8.14. The van der Waals surface area contributed by atoms with Gasteiger partial charge in [0.15, 0.2) is 5.16 Å². The third-order valence-corrected chi connectivity index (χ3v) is 5.78. The monoisotopic (exact) mass is 480 g/mol. The molecule has 176 valence electrons. The third-order valence-electron chi connectivity index (χ3n) is 4.70. The third kappa shape index (κ3) is 6.51. The highest BCUT2D eigenvalue weighted by molar-refractivity contribution is 8.00. The van der Waals surface area contributed by atoms with Crippen LogP contribution >= 0.6 is 11.8 Å². The maximum Gasteiger partial charge on any atom is 0.271 e. The van der Waals surface area contributed by atoms with Gasteiger partial charge in [0, 0.05) is 30.1 Å². The molecule has 0 bridgehead atoms. The summed E-state index contributed by atoms with van der Waals surface area (Å²) in [7, 11) is 0. The van der Waals surface area contributed by atoms with Crippen LogP contribution in [0.15, 0.2) is 66.3 Å². The van der Waals surface area contributed by atoms with Gasteiger partial charge < -0.3 is 15.2 Å². The zero-order valence-corrected chi connectivity index (χ0v) is 19.5. The first kappa shape index (κ1) is 24.6. The second kappa shape index (κ2) is 11.2. The van der Waals surface area contributed by atoms with E-state index in [1.165, 1.54) is 30.0 Å². The minimum atomic E-state index is -0.582. The van der Waals surface area contributed by atoms with Crippen molar-refractivity contribution in [2.45, 2.75) is 37.2 Å². The molecule has 2 N–H and O–H groups in total. The lowest BCUT2D eigenvalue weighted by molar-refractivity contribution is -0.384. The number of amides is 2. The molecule has 0 aliphatic heterocycles. The lowest BCUT2D eigenvalue weighted by Crippen LogP contribution is -2.23. The molecule has 3 rings (SSSR count). The molecule has 0 saturated carbocycles. The van der Waals surface area contributed by atoms with Gasteiger partial charge in [0.05, 0.1) is 16.6 Å². The molecule has 1 heterocycles. The second-order valence-electron chi connectivity index (χ2n) is 7.45. The Morgan fingerprint density at radius 3 is 2.56 bits per heavy atom. The summed E-state index contributed by atoms with van der Waals surface area (Å²) in [6, 6.07) is 13.2. The predicted octanol–water partition coefficient (Wildman–Crippen LogP) is 3.98. The van der Waals surface area contributed by atoms with Gasteiger partial charge in [-0.15, -0.1) is 16.8 Å². The van der Waals surface area contributed by atoms with Crippen molar-refractivity contribution in [3.8, 4) is 0 Å². The highest BCUT2D eigenvalue weighted by Crippen LogP contribution is 2.25. The average molecular weight is 481 g/mol. The normalized spacial score (nSPS) is 11.5. The molecule has 34 heavy (non-hydrogen) atoms. The van der Waals surface area contributed by atoms with Crippen molar-refractivity contribution < 1.29 is 14.5 Å². The van der Waals surface area contributed by atoms with Gasteiger partial charge >= 0.3 is 0 Å². The molecular formula is C23H24N6O4S. The lowest BCUT2D eigenvalue weighted by atomic mass is 10.2. The number of allylic oxidation sites excluding steroid dienone is 1. The largest absolute Gasteiger partial charge is 0.326 e. The predicted molar refractivity (Wildman–Crippen MR) is 131 cm³/mol. The van der Waals surface area contributed by atoms with Gasteiger partial charge in [-0.25, -0.2) is 0 Å². The van der Waals surface area contributed by atoms with Gasteiger partial charge in [-0.05, 0) is 37.6 Å². The van der Waals surface area contributed by atoms with Crippen molar-refractivity contribution in [3.63, 3.8) is 0 Å². The smallest absolute Gasteiger partial charge is 0.271 e. The van der Waals surface area contributed by atoms with Crippen LogP contribution in [0.1, 0.15) is 18.3 Å². The molecule has 1 aromatic heterocycles. The summed E-state index contributed by atoms with van der Waals surface area (Å²) >= 11 is 1.17. The number of nitro benzene ring substituents is 1. The van der Waals surface area contributed by atoms with E-state index in [1.807, 2.05) is 31.2 Å². The van der Waals surface area contributed by atoms with Crippen molar-refractivity contribution in [1.29, 1.82) is 0 Å². The van der Waals surface area contributed by atoms with Gasteiger partial charge in [-0.2, -0.15) is 0 Å². The van der Waals surface area contributed by atoms with E-state index in [4.69, 9.17) is 0 Å². The van der Waals surface area contributed by atoms with E-state index >= 15 is 0 Å². The molecule has 0 spiro atoms. The first-order chi connectivity index (χ1) is 16.3. The second-order valence-corrected chi connectivity index (χ2v) is 8.76. The van der Waals surface area contributed by atoms with Gasteiger partial charge in [-0.1, -0.05) is 36.0 Å². The van der Waals surface area contributed by atoms with Gasteiger partial charge in [-0.3, -0.25) is 19.7 Å². The highest BCUT2D eigenvalue weighted by Gasteiger charge is 2.21. The number of nitrogens with zero attached hydrogens (tertiary/aromatic N) is 4. The Morgan fingerprint density at radius 2 is 1.88 bits per heavy atom. The number of benzene rings is 2. The minimum absolute atomic E-state index is 0.00357. The summed E-state index contributed by atoms with van der Waals surface area (Å²) in [5.74, 6) is -0.146. The number of nitrogens with one attached hydrogen (secondary N) is 2. The van der Waals surface area contributed by atoms with E-state index in [1.54, 1.807) is 23.6 Å². The molecule has 10 nitrogen and oxygen atoms in total. The number of thioether (sulfide) groups is 1. The standard InChI is InChI=1S/C23H24N6O4S/c1-4-11-28-20(14-21(30)24-17-8-5-7-15(2)12-17)26-27-23(28)34-16(3)22(31)25-18-9-6-10-19(13-18)29(32)33/h4-10,12-13,16H,1,11,14H2,2-3H3,(H,24,30)(H,25,31). The van der Waals surface area contributed by atoms with Crippen LogP contribution in [-0.4, -0.2) is 36.8 Å². The summed E-state index contributed by atoms with van der Waals surface area (Å²) < 4.78 is 1.73. The number of non-ortho nitro benzene ring substituents is 1. The number of nitro groups is 1. The molecule has 0 radical (unpaired) electrons. The van der Waals surface area contributed by atoms with E-state index in [0.29, 0.717) is 28.9 Å². The average Bonchev–Trinajstić information content (AvgIpc) is 3.14. The minimum Gasteiger partial charge on any atom is -0.326 e. The molecular weight excluding hydrogens is 456 g/mol. The Bertz CT molecular complexity index is 1230. The fraction of sp³-hybridized carbons (Fsp3) is 0.217. The quantitative estimate of drug-likeness (QED) is 0.194. The number of hydrogen-bond donors (Lipinski definition) is 2. The van der Waals surface area contributed by atoms with E-state index in [-0.39, 0.29) is 23.9 Å². The number of anilines is 2. The van der Waals surface area contributed by atoms with Gasteiger partial charge in [0.25, 0.3) is 5.69 Å². The van der Waals surface area contributed by atoms with Crippen molar-refractivity contribution in [1.82, 2.24) is 14.8 Å². The topological polar surface area (TPSA) is 132 Å². The first-order valence-electron chi connectivity index (χ1n) is 10.4. The molecule has 2 aromatic carbocycles. The van der Waals surface area contributed by atoms with Gasteiger partial charge in [0.1, 0.15) is 5.82 Å². The number of carbonyl (C=O) groups is 2. The van der Waals surface area contributed by atoms with Crippen LogP contribution in [0.2, 0.25) is 0 Å². The Hall–Kier alpha value is -3.99. The fourth-order valence-electron chi connectivity index (χ4n) is 3.07. The summed E-state index contributed by atoms with van der Waals surface area (Å²) in [5.41, 5.74) is 1.94. The van der Waals surface area contributed by atoms with Crippen molar-refractivity contribution in [3.05, 3.63) is 82.7 Å². The van der Waals surface area contributed by atoms with E-state index in [0.717, 1.165) is 5.56 Å². The van der Waals surface area contributed by atoms with Crippen LogP contribution in [0.25, 0.3) is 0 Å². The van der Waals surface area contributed by atoms with Crippen LogP contribution in [0.5, 0.6) is 0 Å². The first-order valence-corrected chi connectivity index (χ1v) is 11.3. The van der Waals surface area contributed by atoms with Crippen molar-refractivity contribution in [2.75, 3.05) is 10.6 Å². The van der Waals surface area contributed by atoms with Crippen molar-refractivity contribution in [2.24, 2.45) is 0 Å². The van der Waals surface area contributed by atoms with E-state index in [9.17, 15) is 19.7 Å². The lowest BCUT2D eigenvalue weighted by Gasteiger charge is -2.13. The molecule has 1 unspecified atom stereocenters. The molecule has 0 aliphatic rings. The zero-order valence-electron chi connectivity index (χ0n) is 18.7. The van der Waals surface area contributed by atoms with E-state index < -0.39 is 10.2 Å². The molecule has 0 saturated heterocycles. The van der Waals surface area contributed by atoms with E-state index in [2.05, 4.69) is 27.4 Å². The Labute approximate surface area is 200 Å². The number of hydrogen-bond acceptors (Lipinski definition) is 7. The van der Waals surface area contributed by atoms with Crippen LogP contribution < -0.4 is 10.6 Å². The highest BCUT2D eigenvalue weighted by atomic mass is 32.2. The maximum absolute atomic E-state index is 12.6. The van der Waals surface area contributed by atoms with Crippen LogP contribution in [0.4, 0.5) is 17.1 Å². The molecule has 11 heteroatoms. The molecule has 0 fully saturated rings. The van der Waals surface area contributed by atoms with Gasteiger partial charge in [0.2, 0.25) is 11.8 Å². The summed E-state index contributed by atoms with van der Waals surface area (Å²) in [6.45, 7) is 7.74. The van der Waals surface area contributed by atoms with Crippen LogP contribution in [-0.2, 0) is 22.6 Å². The summed E-state index contributed by atoms with van der Waals surface area (Å²) in [6.07, 6.45) is 1.66. The Balaban J connectivity index is 1.67. The molecule has 0 aliphatic carbocycles. The summed E-state index contributed by atoms with van der Waals surface area (Å²) in [4.78, 5) is 35.6. The number of aromatic nitrogens is 3. The molecule has 1 atom stereocenters. The molecule has 3 aromatic rings. The van der Waals surface area contributed by atoms with Crippen molar-refractivity contribution >= 4 is 40.6 Å². The maximum atomic E-state index is 12.6. The Morgan fingerprint density at radius 1 is 1.18 bits per heavy atom. The SMILES string of the molecule is C=CCn1c(CC(=O)Nc2cccc(C)c2)nnc1SC(C)C(=O)Nc1cccc([N+](=O)[O-])c1. The number of carbonyl (C=O) groups excluding carboxylic acids is 2. The number of rotatable bonds is 10. The van der Waals surface area contributed by atoms with Crippen LogP contribution in [0.3, 0.4) is 0 Å². The van der Waals surface area contributed by atoms with Crippen LogP contribution in [0, 0.1) is 17.0 Å². The molecule has 2 amide bonds. The zero-order chi connectivity index (χ0) is 24.7. The fourth-order valence-corrected chi connectivity index (χ4v) is 3.95. The number of aryl methyl sites for hydroxylation is 1.